The van der Waals surface area contributed by atoms with Crippen molar-refractivity contribution in [3.63, 3.8) is 0 Å². The molecule has 122 valence electrons. The minimum absolute atomic E-state index is 0.0810. The van der Waals surface area contributed by atoms with Crippen LogP contribution in [0.5, 0.6) is 0 Å². The number of carbonyl (C=O) groups is 1. The second-order valence-electron chi connectivity index (χ2n) is 8.23. The molecule has 0 radical (unpaired) electrons. The summed E-state index contributed by atoms with van der Waals surface area (Å²) in [6.07, 6.45) is 4.37. The van der Waals surface area contributed by atoms with Crippen molar-refractivity contribution in [3.05, 3.63) is 0 Å². The van der Waals surface area contributed by atoms with Crippen molar-refractivity contribution >= 4 is 21.9 Å². The number of carbonyl (C=O) groups excluding carboxylic acids is 1. The summed E-state index contributed by atoms with van der Waals surface area (Å²) in [5.41, 5.74) is 0.132. The molecule has 0 heterocycles. The summed E-state index contributed by atoms with van der Waals surface area (Å²) in [6.45, 7) is 12.3. The molecule has 21 heavy (non-hydrogen) atoms. The van der Waals surface area contributed by atoms with Crippen molar-refractivity contribution in [3.8, 4) is 0 Å². The Balaban J connectivity index is 2.32. The molecule has 2 unspecified atom stereocenters. The van der Waals surface area contributed by atoms with E-state index in [-0.39, 0.29) is 11.4 Å². The van der Waals surface area contributed by atoms with Crippen LogP contribution in [-0.2, 0) is 9.53 Å². The highest BCUT2D eigenvalue weighted by molar-refractivity contribution is 9.09. The van der Waals surface area contributed by atoms with Gasteiger partial charge in [0.25, 0.3) is 0 Å². The highest BCUT2D eigenvalue weighted by Gasteiger charge is 2.61. The Hall–Kier alpha value is -0.0500. The van der Waals surface area contributed by atoms with E-state index < -0.39 is 0 Å². The molecule has 2 rings (SSSR count). The number of halogens is 1. The molecule has 2 nitrogen and oxygen atoms in total. The van der Waals surface area contributed by atoms with Crippen LogP contribution in [0.25, 0.3) is 0 Å². The molecule has 0 spiro atoms. The summed E-state index contributed by atoms with van der Waals surface area (Å²) in [4.78, 5) is 12.8. The number of hydrogen-bond acceptors (Lipinski definition) is 2. The summed E-state index contributed by atoms with van der Waals surface area (Å²) in [6, 6.07) is 0. The van der Waals surface area contributed by atoms with Crippen LogP contribution in [-0.4, -0.2) is 17.9 Å². The lowest BCUT2D eigenvalue weighted by atomic mass is 9.53. The minimum Gasteiger partial charge on any atom is -0.464 e. The van der Waals surface area contributed by atoms with Crippen LogP contribution in [0.2, 0.25) is 0 Å². The Morgan fingerprint density at radius 2 is 1.95 bits per heavy atom. The van der Waals surface area contributed by atoms with Crippen LogP contribution < -0.4 is 0 Å². The van der Waals surface area contributed by atoms with E-state index in [1.54, 1.807) is 0 Å². The van der Waals surface area contributed by atoms with Gasteiger partial charge in [-0.3, -0.25) is 4.79 Å². The van der Waals surface area contributed by atoms with Crippen LogP contribution in [0.4, 0.5) is 0 Å². The minimum atomic E-state index is -0.202. The molecule has 0 aromatic carbocycles. The first kappa shape index (κ1) is 17.3. The van der Waals surface area contributed by atoms with Gasteiger partial charge >= 0.3 is 5.97 Å². The predicted molar refractivity (Wildman–Crippen MR) is 90.4 cm³/mol. The molecule has 0 aromatic rings. The molecule has 0 aromatic heterocycles. The van der Waals surface area contributed by atoms with Gasteiger partial charge in [0.1, 0.15) is 6.61 Å². The molecule has 2 fully saturated rings. The molecular weight excluding hydrogens is 328 g/mol. The summed E-state index contributed by atoms with van der Waals surface area (Å²) >= 11 is 3.36. The summed E-state index contributed by atoms with van der Waals surface area (Å²) in [5, 5.41) is 0.730. The maximum absolute atomic E-state index is 12.8. The number of esters is 1. The maximum atomic E-state index is 12.8. The molecule has 2 aliphatic carbocycles. The Kier molecular flexibility index (Phi) is 5.12. The standard InChI is InChI=1S/C18H31BrO2/c1-12(2)14-6-7-18(16(20)21-11-10-19)9-8-17(4,5)13(3)15(14)18/h12-15H,6-11H2,1-5H3/t13?,14-,15?,18-/m0/s1. The van der Waals surface area contributed by atoms with Gasteiger partial charge in [-0.05, 0) is 54.8 Å². The van der Waals surface area contributed by atoms with Gasteiger partial charge in [-0.1, -0.05) is 50.5 Å². The molecule has 2 saturated carbocycles. The van der Waals surface area contributed by atoms with Crippen molar-refractivity contribution in [1.29, 1.82) is 0 Å². The second-order valence-corrected chi connectivity index (χ2v) is 9.02. The van der Waals surface area contributed by atoms with Crippen LogP contribution >= 0.6 is 15.9 Å². The van der Waals surface area contributed by atoms with E-state index in [1.807, 2.05) is 0 Å². The molecule has 4 atom stereocenters. The second kappa shape index (κ2) is 6.22. The fraction of sp³-hybridized carbons (Fsp3) is 0.944. The largest absolute Gasteiger partial charge is 0.464 e. The highest BCUT2D eigenvalue weighted by Crippen LogP contribution is 2.63. The molecule has 0 bridgehead atoms. The van der Waals surface area contributed by atoms with Crippen LogP contribution in [0, 0.1) is 34.5 Å². The predicted octanol–water partition coefficient (Wildman–Crippen LogP) is 5.05. The molecule has 0 N–H and O–H groups in total. The van der Waals surface area contributed by atoms with Crippen LogP contribution in [0.3, 0.4) is 0 Å². The molecule has 2 aliphatic rings. The number of fused-ring (bicyclic) bond motifs is 1. The van der Waals surface area contributed by atoms with E-state index in [1.165, 1.54) is 6.42 Å². The zero-order valence-electron chi connectivity index (χ0n) is 14.2. The fourth-order valence-electron chi connectivity index (χ4n) is 4.94. The van der Waals surface area contributed by atoms with Gasteiger partial charge in [-0.25, -0.2) is 0 Å². The van der Waals surface area contributed by atoms with Crippen molar-refractivity contribution in [2.75, 3.05) is 11.9 Å². The van der Waals surface area contributed by atoms with Gasteiger partial charge in [0.05, 0.1) is 5.41 Å². The van der Waals surface area contributed by atoms with Crippen molar-refractivity contribution in [1.82, 2.24) is 0 Å². The average molecular weight is 359 g/mol. The molecule has 0 saturated heterocycles. The summed E-state index contributed by atoms with van der Waals surface area (Å²) < 4.78 is 5.59. The Morgan fingerprint density at radius 3 is 2.52 bits per heavy atom. The summed E-state index contributed by atoms with van der Waals surface area (Å²) in [5.74, 6) is 2.47. The van der Waals surface area contributed by atoms with Gasteiger partial charge in [-0.15, -0.1) is 0 Å². The number of alkyl halides is 1. The van der Waals surface area contributed by atoms with Crippen LogP contribution in [0.1, 0.15) is 60.3 Å². The fourth-order valence-corrected chi connectivity index (χ4v) is 5.11. The van der Waals surface area contributed by atoms with E-state index in [0.717, 1.165) is 24.6 Å². The third-order valence-electron chi connectivity index (χ3n) is 6.58. The van der Waals surface area contributed by atoms with Gasteiger partial charge in [0, 0.05) is 5.33 Å². The Labute approximate surface area is 138 Å². The monoisotopic (exact) mass is 358 g/mol. The molecule has 3 heteroatoms. The first-order valence-corrected chi connectivity index (χ1v) is 9.61. The van der Waals surface area contributed by atoms with Crippen molar-refractivity contribution in [2.45, 2.75) is 60.3 Å². The van der Waals surface area contributed by atoms with E-state index in [9.17, 15) is 4.79 Å². The topological polar surface area (TPSA) is 26.3 Å². The molecular formula is C18H31BrO2. The van der Waals surface area contributed by atoms with Crippen molar-refractivity contribution < 1.29 is 9.53 Å². The Morgan fingerprint density at radius 1 is 1.29 bits per heavy atom. The van der Waals surface area contributed by atoms with Crippen molar-refractivity contribution in [2.24, 2.45) is 34.5 Å². The number of rotatable bonds is 4. The third kappa shape index (κ3) is 2.92. The third-order valence-corrected chi connectivity index (χ3v) is 6.91. The highest BCUT2D eigenvalue weighted by atomic mass is 79.9. The first-order chi connectivity index (χ1) is 9.76. The maximum Gasteiger partial charge on any atom is 0.312 e. The first-order valence-electron chi connectivity index (χ1n) is 8.49. The van der Waals surface area contributed by atoms with Gasteiger partial charge in [0.2, 0.25) is 0 Å². The van der Waals surface area contributed by atoms with E-state index >= 15 is 0 Å². The summed E-state index contributed by atoms with van der Waals surface area (Å²) in [7, 11) is 0. The molecule has 0 amide bonds. The Bertz CT molecular complexity index is 391. The lowest BCUT2D eigenvalue weighted by Gasteiger charge is -2.51. The van der Waals surface area contributed by atoms with E-state index in [2.05, 4.69) is 50.5 Å². The van der Waals surface area contributed by atoms with Gasteiger partial charge < -0.3 is 4.74 Å². The average Bonchev–Trinajstić information content (AvgIpc) is 2.82. The zero-order chi connectivity index (χ0) is 15.8. The lowest BCUT2D eigenvalue weighted by Crippen LogP contribution is -2.50. The SMILES string of the molecule is CC(C)[C@@H]1CC[C@]2(C(=O)OCCBr)CCC(C)(C)C(C)C12. The molecule has 0 aliphatic heterocycles. The zero-order valence-corrected chi connectivity index (χ0v) is 15.8. The van der Waals surface area contributed by atoms with E-state index in [4.69, 9.17) is 4.74 Å². The van der Waals surface area contributed by atoms with Crippen LogP contribution in [0.15, 0.2) is 0 Å². The quantitative estimate of drug-likeness (QED) is 0.519. The smallest absolute Gasteiger partial charge is 0.312 e. The normalized spacial score (nSPS) is 38.3. The number of ether oxygens (including phenoxy) is 1. The number of hydrogen-bond donors (Lipinski definition) is 0. The lowest BCUT2D eigenvalue weighted by molar-refractivity contribution is -0.167. The van der Waals surface area contributed by atoms with Gasteiger partial charge in [0.15, 0.2) is 0 Å². The van der Waals surface area contributed by atoms with Gasteiger partial charge in [-0.2, -0.15) is 0 Å². The van der Waals surface area contributed by atoms with E-state index in [0.29, 0.717) is 35.7 Å².